The second-order valence-electron chi connectivity index (χ2n) is 9.66. The van der Waals surface area contributed by atoms with Crippen LogP contribution in [0.4, 0.5) is 0 Å². The number of ketones is 2. The molecule has 218 valence electrons. The molecular formula is C31H28O11. The molecule has 0 spiro atoms. The lowest BCUT2D eigenvalue weighted by molar-refractivity contribution is -0.147. The minimum absolute atomic E-state index is 0.0286. The second kappa shape index (κ2) is 11.4. The summed E-state index contributed by atoms with van der Waals surface area (Å²) in [5, 5.41) is -0.0103. The van der Waals surface area contributed by atoms with Crippen LogP contribution in [0.15, 0.2) is 48.8 Å². The number of hydrogen-bond donors (Lipinski definition) is 0. The molecule has 2 aromatic carbocycles. The third-order valence-electron chi connectivity index (χ3n) is 6.62. The molecule has 4 rings (SSSR count). The highest BCUT2D eigenvalue weighted by atomic mass is 16.6. The van der Waals surface area contributed by atoms with E-state index in [1.807, 2.05) is 0 Å². The van der Waals surface area contributed by atoms with Gasteiger partial charge in [-0.3, -0.25) is 28.8 Å². The van der Waals surface area contributed by atoms with E-state index in [2.05, 4.69) is 0 Å². The van der Waals surface area contributed by atoms with Gasteiger partial charge in [0.05, 0.1) is 12.5 Å². The molecule has 0 unspecified atom stereocenters. The molecular weight excluding hydrogens is 548 g/mol. The number of para-hydroxylation sites is 1. The number of ether oxygens (including phenoxy) is 3. The van der Waals surface area contributed by atoms with Crippen molar-refractivity contribution in [1.82, 2.24) is 0 Å². The van der Waals surface area contributed by atoms with Crippen molar-refractivity contribution >= 4 is 45.4 Å². The summed E-state index contributed by atoms with van der Waals surface area (Å²) in [6, 6.07) is 7.71. The number of methoxy groups -OCH3 is 1. The molecule has 0 amide bonds. The summed E-state index contributed by atoms with van der Waals surface area (Å²) in [6.07, 6.45) is -2.18. The van der Waals surface area contributed by atoms with Gasteiger partial charge in [0, 0.05) is 25.0 Å². The molecule has 0 aliphatic carbocycles. The lowest BCUT2D eigenvalue weighted by atomic mass is 9.96. The molecule has 0 aliphatic heterocycles. The van der Waals surface area contributed by atoms with Crippen LogP contribution in [0, 0.1) is 0 Å². The highest BCUT2D eigenvalue weighted by Gasteiger charge is 2.29. The normalized spacial score (nSPS) is 12.5. The van der Waals surface area contributed by atoms with Gasteiger partial charge in [0.1, 0.15) is 33.4 Å². The van der Waals surface area contributed by atoms with E-state index in [0.717, 1.165) is 0 Å². The van der Waals surface area contributed by atoms with E-state index in [0.29, 0.717) is 0 Å². The minimum Gasteiger partial charge on any atom is -0.496 e. The van der Waals surface area contributed by atoms with E-state index in [1.165, 1.54) is 60.8 Å². The van der Waals surface area contributed by atoms with Crippen molar-refractivity contribution in [3.05, 3.63) is 73.4 Å². The Balaban J connectivity index is 2.18. The summed E-state index contributed by atoms with van der Waals surface area (Å²) in [5.74, 6) is -2.69. The highest BCUT2D eigenvalue weighted by Crippen LogP contribution is 2.39. The fourth-order valence-electron chi connectivity index (χ4n) is 4.96. The topological polar surface area (TPSA) is 156 Å². The molecule has 2 heterocycles. The predicted molar refractivity (Wildman–Crippen MR) is 151 cm³/mol. The van der Waals surface area contributed by atoms with Gasteiger partial charge in [-0.15, -0.1) is 0 Å². The molecule has 11 nitrogen and oxygen atoms in total. The standard InChI is InChI=1S/C31H28O11/c1-13(32)23-26(36)21-10-8-9-19(30(21)41-28(23)15(3)39-17(5)34)20-11-12-22(38-7)25-27(37)24(14(2)33)29(42-31(20)25)16(4)40-18(6)35/h8-12,15-16H,1-7H3/t15-,16-/m0/s1. The maximum Gasteiger partial charge on any atom is 0.303 e. The average molecular weight is 577 g/mol. The summed E-state index contributed by atoms with van der Waals surface area (Å²) >= 11 is 0. The van der Waals surface area contributed by atoms with Gasteiger partial charge in [0.2, 0.25) is 10.9 Å². The first-order valence-electron chi connectivity index (χ1n) is 12.9. The number of hydrogen-bond acceptors (Lipinski definition) is 11. The molecule has 0 fully saturated rings. The quantitative estimate of drug-likeness (QED) is 0.200. The van der Waals surface area contributed by atoms with Gasteiger partial charge in [-0.05, 0) is 45.9 Å². The Labute approximate surface area is 239 Å². The van der Waals surface area contributed by atoms with Crippen LogP contribution in [0.3, 0.4) is 0 Å². The summed E-state index contributed by atoms with van der Waals surface area (Å²) in [6.45, 7) is 7.68. The van der Waals surface area contributed by atoms with Crippen LogP contribution in [0.2, 0.25) is 0 Å². The van der Waals surface area contributed by atoms with Crippen molar-refractivity contribution in [2.24, 2.45) is 0 Å². The van der Waals surface area contributed by atoms with E-state index < -0.39 is 46.6 Å². The van der Waals surface area contributed by atoms with Crippen LogP contribution >= 0.6 is 0 Å². The molecule has 42 heavy (non-hydrogen) atoms. The number of fused-ring (bicyclic) bond motifs is 2. The maximum atomic E-state index is 13.8. The monoisotopic (exact) mass is 576 g/mol. The SMILES string of the molecule is COc1ccc(-c2cccc3c(=O)c(C(C)=O)c([C@H](C)OC(C)=O)oc23)c2oc([C@H](C)OC(C)=O)c(C(C)=O)c(=O)c12. The van der Waals surface area contributed by atoms with E-state index in [9.17, 15) is 28.8 Å². The highest BCUT2D eigenvalue weighted by molar-refractivity contribution is 6.06. The van der Waals surface area contributed by atoms with Gasteiger partial charge in [-0.1, -0.05) is 12.1 Å². The zero-order chi connectivity index (χ0) is 31.0. The molecule has 0 radical (unpaired) electrons. The number of Topliss-reactive ketones (excluding diaryl/α,β-unsaturated/α-hetero) is 2. The molecule has 0 saturated heterocycles. The Hall–Kier alpha value is -5.06. The van der Waals surface area contributed by atoms with E-state index >= 15 is 0 Å². The number of esters is 2. The van der Waals surface area contributed by atoms with Crippen LogP contribution in [-0.4, -0.2) is 30.6 Å². The number of rotatable bonds is 8. The van der Waals surface area contributed by atoms with Crippen molar-refractivity contribution in [1.29, 1.82) is 0 Å². The minimum atomic E-state index is -1.10. The molecule has 0 bridgehead atoms. The number of carbonyl (C=O) groups excluding carboxylic acids is 4. The molecule has 11 heteroatoms. The fourth-order valence-corrected chi connectivity index (χ4v) is 4.96. The smallest absolute Gasteiger partial charge is 0.303 e. The Morgan fingerprint density at radius 2 is 1.19 bits per heavy atom. The summed E-state index contributed by atoms with van der Waals surface area (Å²) in [5.41, 5.74) is -1.36. The van der Waals surface area contributed by atoms with Gasteiger partial charge >= 0.3 is 11.9 Å². The molecule has 0 aliphatic rings. The Kier molecular flexibility index (Phi) is 8.14. The molecule has 2 aromatic heterocycles. The fraction of sp³-hybridized carbons (Fsp3) is 0.290. The van der Waals surface area contributed by atoms with Crippen molar-refractivity contribution < 1.29 is 42.2 Å². The molecule has 0 N–H and O–H groups in total. The van der Waals surface area contributed by atoms with Crippen molar-refractivity contribution in [2.45, 2.75) is 53.8 Å². The Morgan fingerprint density at radius 1 is 0.690 bits per heavy atom. The lowest BCUT2D eigenvalue weighted by Gasteiger charge is -2.18. The van der Waals surface area contributed by atoms with Crippen molar-refractivity contribution in [3.8, 4) is 16.9 Å². The van der Waals surface area contributed by atoms with Gasteiger partial charge in [0.25, 0.3) is 0 Å². The van der Waals surface area contributed by atoms with E-state index in [4.69, 9.17) is 23.0 Å². The second-order valence-corrected chi connectivity index (χ2v) is 9.66. The van der Waals surface area contributed by atoms with Crippen LogP contribution in [-0.2, 0) is 19.1 Å². The van der Waals surface area contributed by atoms with Gasteiger partial charge < -0.3 is 23.0 Å². The van der Waals surface area contributed by atoms with Gasteiger partial charge in [0.15, 0.2) is 35.3 Å². The number of benzene rings is 2. The lowest BCUT2D eigenvalue weighted by Crippen LogP contribution is -2.20. The summed E-state index contributed by atoms with van der Waals surface area (Å²) in [7, 11) is 1.35. The van der Waals surface area contributed by atoms with Crippen LogP contribution in [0.1, 0.15) is 86.0 Å². The predicted octanol–water partition coefficient (Wildman–Crippen LogP) is 5.23. The van der Waals surface area contributed by atoms with Crippen molar-refractivity contribution in [2.75, 3.05) is 7.11 Å². The first-order valence-corrected chi connectivity index (χ1v) is 12.9. The largest absolute Gasteiger partial charge is 0.496 e. The van der Waals surface area contributed by atoms with E-state index in [-0.39, 0.29) is 61.5 Å². The van der Waals surface area contributed by atoms with Crippen LogP contribution in [0.25, 0.3) is 33.1 Å². The van der Waals surface area contributed by atoms with E-state index in [1.54, 1.807) is 18.2 Å². The Morgan fingerprint density at radius 3 is 1.69 bits per heavy atom. The van der Waals surface area contributed by atoms with Crippen LogP contribution in [0.5, 0.6) is 5.75 Å². The Bertz CT molecular complexity index is 1910. The first-order chi connectivity index (χ1) is 19.8. The summed E-state index contributed by atoms with van der Waals surface area (Å²) in [4.78, 5) is 75.8. The van der Waals surface area contributed by atoms with Gasteiger partial charge in [-0.2, -0.15) is 0 Å². The third-order valence-corrected chi connectivity index (χ3v) is 6.62. The number of carbonyl (C=O) groups is 4. The third kappa shape index (κ3) is 5.20. The van der Waals surface area contributed by atoms with Gasteiger partial charge in [-0.25, -0.2) is 0 Å². The zero-order valence-electron chi connectivity index (χ0n) is 24.0. The molecule has 2 atom stereocenters. The first kappa shape index (κ1) is 29.9. The average Bonchev–Trinajstić information content (AvgIpc) is 2.90. The summed E-state index contributed by atoms with van der Waals surface area (Å²) < 4.78 is 28.2. The van der Waals surface area contributed by atoms with Crippen molar-refractivity contribution in [3.63, 3.8) is 0 Å². The molecule has 0 saturated carbocycles. The van der Waals surface area contributed by atoms with Crippen LogP contribution < -0.4 is 15.6 Å². The zero-order valence-corrected chi connectivity index (χ0v) is 24.0. The maximum absolute atomic E-state index is 13.8. The molecule has 4 aromatic rings.